The third kappa shape index (κ3) is 5.25. The van der Waals surface area contributed by atoms with Gasteiger partial charge in [0.25, 0.3) is 5.91 Å². The van der Waals surface area contributed by atoms with Crippen molar-refractivity contribution in [2.75, 3.05) is 13.2 Å². The summed E-state index contributed by atoms with van der Waals surface area (Å²) in [5.41, 5.74) is 2.32. The van der Waals surface area contributed by atoms with Gasteiger partial charge < -0.3 is 10.2 Å². The molecule has 2 bridgehead atoms. The number of nitrogens with one attached hydrogen (secondary N) is 2. The fourth-order valence-electron chi connectivity index (χ4n) is 3.03. The molecule has 3 N–H and O–H groups in total. The Morgan fingerprint density at radius 2 is 2.04 bits per heavy atom. The number of carbonyl (C=O) groups excluding carboxylic acids is 2. The number of hydrogen-bond acceptors (Lipinski definition) is 7. The number of amides is 3. The van der Waals surface area contributed by atoms with Crippen molar-refractivity contribution in [3.63, 3.8) is 0 Å². The molecule has 0 aliphatic carbocycles. The first kappa shape index (κ1) is 19.8. The minimum absolute atomic E-state index is 0.0307. The van der Waals surface area contributed by atoms with Crippen LogP contribution in [0.2, 0.25) is 0 Å². The lowest BCUT2D eigenvalue weighted by atomic mass is 10.0. The van der Waals surface area contributed by atoms with Gasteiger partial charge in [0.1, 0.15) is 6.04 Å². The highest BCUT2D eigenvalue weighted by molar-refractivity contribution is 7.80. The van der Waals surface area contributed by atoms with Gasteiger partial charge in [-0.1, -0.05) is 13.8 Å². The van der Waals surface area contributed by atoms with E-state index in [1.54, 1.807) is 0 Å². The first-order chi connectivity index (χ1) is 11.6. The summed E-state index contributed by atoms with van der Waals surface area (Å²) in [5, 5.41) is 3.81. The Labute approximate surface area is 146 Å². The maximum absolute atomic E-state index is 12.2. The van der Waals surface area contributed by atoms with E-state index in [-0.39, 0.29) is 25.2 Å². The minimum atomic E-state index is -4.80. The van der Waals surface area contributed by atoms with Crippen molar-refractivity contribution < 1.29 is 31.7 Å². The van der Waals surface area contributed by atoms with Crippen molar-refractivity contribution in [3.05, 3.63) is 0 Å². The van der Waals surface area contributed by atoms with Crippen molar-refractivity contribution in [2.24, 2.45) is 0 Å². The maximum Gasteiger partial charge on any atom is 0.418 e. The van der Waals surface area contributed by atoms with E-state index in [0.717, 1.165) is 0 Å². The zero-order chi connectivity index (χ0) is 18.8. The molecular formula is C13H24N4O7S. The Hall–Kier alpha value is -1.47. The highest BCUT2D eigenvalue weighted by Gasteiger charge is 2.49. The molecule has 12 heteroatoms. The average Bonchev–Trinajstić information content (AvgIpc) is 2.70. The van der Waals surface area contributed by atoms with Gasteiger partial charge in [-0.05, 0) is 19.8 Å². The second kappa shape index (κ2) is 7.83. The van der Waals surface area contributed by atoms with Crippen LogP contribution in [0.3, 0.4) is 0 Å². The van der Waals surface area contributed by atoms with Gasteiger partial charge in [0.15, 0.2) is 0 Å². The van der Waals surface area contributed by atoms with Gasteiger partial charge in [-0.2, -0.15) is 13.5 Å². The van der Waals surface area contributed by atoms with E-state index in [1.165, 1.54) is 4.90 Å². The minimum Gasteiger partial charge on any atom is -0.310 e. The Morgan fingerprint density at radius 3 is 2.64 bits per heavy atom. The molecule has 2 heterocycles. The number of urea groups is 1. The smallest absolute Gasteiger partial charge is 0.310 e. The number of rotatable bonds is 8. The molecule has 0 aromatic heterocycles. The average molecular weight is 380 g/mol. The van der Waals surface area contributed by atoms with E-state index in [4.69, 9.17) is 9.39 Å². The molecule has 2 saturated heterocycles. The monoisotopic (exact) mass is 380 g/mol. The highest BCUT2D eigenvalue weighted by atomic mass is 32.3. The van der Waals surface area contributed by atoms with Gasteiger partial charge >= 0.3 is 16.4 Å². The summed E-state index contributed by atoms with van der Waals surface area (Å²) in [5.74, 6) is -0.489. The molecule has 0 saturated carbocycles. The molecule has 2 fully saturated rings. The number of fused-ring (bicyclic) bond motifs is 2. The van der Waals surface area contributed by atoms with Crippen molar-refractivity contribution in [1.29, 1.82) is 0 Å². The van der Waals surface area contributed by atoms with E-state index in [9.17, 15) is 18.0 Å². The molecule has 2 aliphatic heterocycles. The van der Waals surface area contributed by atoms with Crippen molar-refractivity contribution >= 4 is 22.3 Å². The zero-order valence-corrected chi connectivity index (χ0v) is 15.2. The van der Waals surface area contributed by atoms with Crippen LogP contribution in [0.5, 0.6) is 0 Å². The molecule has 0 aromatic carbocycles. The van der Waals surface area contributed by atoms with Gasteiger partial charge in [0.2, 0.25) is 0 Å². The van der Waals surface area contributed by atoms with Crippen LogP contribution < -0.4 is 10.8 Å². The first-order valence-electron chi connectivity index (χ1n) is 8.03. The second-order valence-electron chi connectivity index (χ2n) is 6.51. The van der Waals surface area contributed by atoms with Crippen molar-refractivity contribution in [2.45, 2.75) is 57.8 Å². The largest absolute Gasteiger partial charge is 0.418 e. The predicted octanol–water partition coefficient (Wildman–Crippen LogP) is -0.576. The topological polar surface area (TPSA) is 138 Å². The quantitative estimate of drug-likeness (QED) is 0.376. The molecule has 11 nitrogen and oxygen atoms in total. The van der Waals surface area contributed by atoms with Gasteiger partial charge in [0.05, 0.1) is 12.6 Å². The standard InChI is InChI=1S/C13H24N4O7S/c1-8(2)14-9(3)7-23-15-12(18)11-5-4-10-6-16(11)13(19)17(10)24-25(20,21)22/h8-11,14H,4-7H2,1-3H3,(H,15,18)(H,20,21,22)/t9?,10-,11+/m1/s1. The summed E-state index contributed by atoms with van der Waals surface area (Å²) < 4.78 is 34.7. The summed E-state index contributed by atoms with van der Waals surface area (Å²) in [6.45, 7) is 6.29. The number of hydroxylamine groups is 3. The van der Waals surface area contributed by atoms with E-state index < -0.39 is 34.4 Å². The zero-order valence-electron chi connectivity index (χ0n) is 14.3. The van der Waals surface area contributed by atoms with Crippen LogP contribution >= 0.6 is 0 Å². The van der Waals surface area contributed by atoms with Crippen molar-refractivity contribution in [1.82, 2.24) is 20.8 Å². The normalized spacial score (nSPS) is 24.8. The van der Waals surface area contributed by atoms with E-state index in [2.05, 4.69) is 15.1 Å². The Balaban J connectivity index is 1.87. The van der Waals surface area contributed by atoms with Crippen molar-refractivity contribution in [3.8, 4) is 0 Å². The number of hydrogen-bond donors (Lipinski definition) is 3. The molecule has 1 unspecified atom stereocenters. The number of carbonyl (C=O) groups is 2. The van der Waals surface area contributed by atoms with Crippen LogP contribution in [-0.4, -0.2) is 72.2 Å². The van der Waals surface area contributed by atoms with Gasteiger partial charge in [-0.3, -0.25) is 14.2 Å². The van der Waals surface area contributed by atoms with Gasteiger partial charge in [0, 0.05) is 18.6 Å². The number of nitrogens with zero attached hydrogens (tertiary/aromatic N) is 2. The molecule has 144 valence electrons. The fourth-order valence-corrected chi connectivity index (χ4v) is 3.42. The van der Waals surface area contributed by atoms with E-state index in [0.29, 0.717) is 17.9 Å². The summed E-state index contributed by atoms with van der Waals surface area (Å²) in [4.78, 5) is 30.8. The summed E-state index contributed by atoms with van der Waals surface area (Å²) >= 11 is 0. The molecule has 2 aliphatic rings. The molecule has 2 rings (SSSR count). The van der Waals surface area contributed by atoms with Gasteiger partial charge in [-0.15, -0.1) is 4.28 Å². The SMILES string of the molecule is CC(C)NC(C)CONC(=O)[C@@H]1CC[C@@H]2CN1C(=O)N2OS(=O)(=O)O. The Bertz CT molecular complexity index is 611. The Kier molecular flexibility index (Phi) is 6.21. The summed E-state index contributed by atoms with van der Waals surface area (Å²) in [6, 6.07) is -1.79. The predicted molar refractivity (Wildman–Crippen MR) is 85.2 cm³/mol. The molecule has 0 spiro atoms. The molecule has 3 atom stereocenters. The fraction of sp³-hybridized carbons (Fsp3) is 0.846. The Morgan fingerprint density at radius 1 is 1.36 bits per heavy atom. The van der Waals surface area contributed by atoms with Crippen LogP contribution in [-0.2, 0) is 24.3 Å². The number of piperidine rings is 1. The lowest BCUT2D eigenvalue weighted by Gasteiger charge is -2.29. The third-order valence-electron chi connectivity index (χ3n) is 3.92. The molecule has 0 radical (unpaired) electrons. The second-order valence-corrected chi connectivity index (χ2v) is 7.51. The van der Waals surface area contributed by atoms with Crippen LogP contribution in [0.4, 0.5) is 4.79 Å². The van der Waals surface area contributed by atoms with Crippen LogP contribution in [0, 0.1) is 0 Å². The third-order valence-corrected chi connectivity index (χ3v) is 4.27. The van der Waals surface area contributed by atoms with E-state index >= 15 is 0 Å². The molecule has 0 aromatic rings. The maximum atomic E-state index is 12.2. The molecule has 3 amide bonds. The first-order valence-corrected chi connectivity index (χ1v) is 9.39. The summed E-state index contributed by atoms with van der Waals surface area (Å²) in [7, 11) is -4.80. The molecular weight excluding hydrogens is 356 g/mol. The van der Waals surface area contributed by atoms with Crippen LogP contribution in [0.1, 0.15) is 33.6 Å². The highest BCUT2D eigenvalue weighted by Crippen LogP contribution is 2.30. The lowest BCUT2D eigenvalue weighted by Crippen LogP contribution is -2.50. The van der Waals surface area contributed by atoms with E-state index in [1.807, 2.05) is 20.8 Å². The molecule has 25 heavy (non-hydrogen) atoms. The lowest BCUT2D eigenvalue weighted by molar-refractivity contribution is -0.139. The van der Waals surface area contributed by atoms with Crippen LogP contribution in [0.25, 0.3) is 0 Å². The van der Waals surface area contributed by atoms with Crippen LogP contribution in [0.15, 0.2) is 0 Å². The van der Waals surface area contributed by atoms with Gasteiger partial charge in [-0.25, -0.2) is 10.3 Å². The summed E-state index contributed by atoms with van der Waals surface area (Å²) in [6.07, 6.45) is 0.692.